The number of aryl methyl sites for hydroxylation is 1. The zero-order valence-corrected chi connectivity index (χ0v) is 10.9. The van der Waals surface area contributed by atoms with Crippen molar-refractivity contribution >= 4 is 17.5 Å². The maximum atomic E-state index is 11.8. The molecule has 17 heavy (non-hydrogen) atoms. The van der Waals surface area contributed by atoms with E-state index in [2.05, 4.69) is 11.4 Å². The molecule has 0 atom stereocenters. The number of hydrogen-bond acceptors (Lipinski definition) is 2. The van der Waals surface area contributed by atoms with Crippen molar-refractivity contribution in [1.29, 1.82) is 5.26 Å². The quantitative estimate of drug-likeness (QED) is 0.897. The van der Waals surface area contributed by atoms with Gasteiger partial charge in [-0.25, -0.2) is 0 Å². The monoisotopic (exact) mass is 250 g/mol. The summed E-state index contributed by atoms with van der Waals surface area (Å²) >= 11 is 5.98. The fourth-order valence-corrected chi connectivity index (χ4v) is 1.56. The SMILES string of the molecule is Cc1ccc(C(=O)NCC(C)(C)C#N)c(Cl)c1. The van der Waals surface area contributed by atoms with Crippen molar-refractivity contribution in [2.75, 3.05) is 6.54 Å². The lowest BCUT2D eigenvalue weighted by atomic mass is 9.96. The lowest BCUT2D eigenvalue weighted by Crippen LogP contribution is -2.33. The van der Waals surface area contributed by atoms with Gasteiger partial charge in [0.1, 0.15) is 0 Å². The van der Waals surface area contributed by atoms with Gasteiger partial charge in [-0.05, 0) is 38.5 Å². The molecule has 0 aromatic heterocycles. The zero-order valence-electron chi connectivity index (χ0n) is 10.2. The summed E-state index contributed by atoms with van der Waals surface area (Å²) in [5, 5.41) is 12.0. The van der Waals surface area contributed by atoms with Gasteiger partial charge in [0.05, 0.1) is 22.1 Å². The third-order valence-electron chi connectivity index (χ3n) is 2.36. The minimum absolute atomic E-state index is 0.252. The lowest BCUT2D eigenvalue weighted by molar-refractivity contribution is 0.0944. The average Bonchev–Trinajstić information content (AvgIpc) is 2.26. The number of rotatable bonds is 3. The molecule has 1 rings (SSSR count). The van der Waals surface area contributed by atoms with E-state index >= 15 is 0 Å². The summed E-state index contributed by atoms with van der Waals surface area (Å²) in [6.45, 7) is 5.74. The van der Waals surface area contributed by atoms with Gasteiger partial charge in [-0.3, -0.25) is 4.79 Å². The standard InChI is InChI=1S/C13H15ClN2O/c1-9-4-5-10(11(14)6-9)12(17)16-8-13(2,3)7-15/h4-6H,8H2,1-3H3,(H,16,17). The van der Waals surface area contributed by atoms with Crippen LogP contribution in [0.1, 0.15) is 29.8 Å². The molecule has 0 unspecified atom stereocenters. The molecule has 4 heteroatoms. The molecule has 0 saturated heterocycles. The van der Waals surface area contributed by atoms with E-state index in [9.17, 15) is 4.79 Å². The van der Waals surface area contributed by atoms with Gasteiger partial charge in [0.25, 0.3) is 5.91 Å². The van der Waals surface area contributed by atoms with Crippen molar-refractivity contribution < 1.29 is 4.79 Å². The molecule has 0 aliphatic rings. The Morgan fingerprint density at radius 1 is 1.53 bits per heavy atom. The Labute approximate surface area is 106 Å². The van der Waals surface area contributed by atoms with E-state index in [0.717, 1.165) is 5.56 Å². The lowest BCUT2D eigenvalue weighted by Gasteiger charge is -2.16. The highest BCUT2D eigenvalue weighted by molar-refractivity contribution is 6.33. The predicted octanol–water partition coefficient (Wildman–Crippen LogP) is 2.93. The Hall–Kier alpha value is -1.53. The summed E-state index contributed by atoms with van der Waals surface area (Å²) in [4.78, 5) is 11.8. The molecule has 0 spiro atoms. The first kappa shape index (κ1) is 13.5. The van der Waals surface area contributed by atoms with Crippen LogP contribution in [-0.2, 0) is 0 Å². The predicted molar refractivity (Wildman–Crippen MR) is 67.9 cm³/mol. The molecular weight excluding hydrogens is 236 g/mol. The van der Waals surface area contributed by atoms with Crippen LogP contribution in [0.3, 0.4) is 0 Å². The largest absolute Gasteiger partial charge is 0.350 e. The van der Waals surface area contributed by atoms with Gasteiger partial charge in [-0.15, -0.1) is 0 Å². The van der Waals surface area contributed by atoms with Crippen LogP contribution in [0.25, 0.3) is 0 Å². The molecular formula is C13H15ClN2O. The molecule has 0 bridgehead atoms. The molecule has 0 fully saturated rings. The topological polar surface area (TPSA) is 52.9 Å². The average molecular weight is 251 g/mol. The van der Waals surface area contributed by atoms with E-state index in [-0.39, 0.29) is 5.91 Å². The van der Waals surface area contributed by atoms with Crippen molar-refractivity contribution in [2.45, 2.75) is 20.8 Å². The molecule has 1 aromatic rings. The Morgan fingerprint density at radius 2 is 2.18 bits per heavy atom. The highest BCUT2D eigenvalue weighted by atomic mass is 35.5. The molecule has 1 N–H and O–H groups in total. The number of halogens is 1. The number of benzene rings is 1. The van der Waals surface area contributed by atoms with Crippen molar-refractivity contribution in [3.63, 3.8) is 0 Å². The molecule has 1 amide bonds. The van der Waals surface area contributed by atoms with E-state index in [4.69, 9.17) is 16.9 Å². The maximum Gasteiger partial charge on any atom is 0.252 e. The zero-order chi connectivity index (χ0) is 13.1. The number of carbonyl (C=O) groups is 1. The molecule has 0 saturated carbocycles. The summed E-state index contributed by atoms with van der Waals surface area (Å²) in [5.74, 6) is -0.252. The molecule has 1 aromatic carbocycles. The third kappa shape index (κ3) is 3.76. The summed E-state index contributed by atoms with van der Waals surface area (Å²) in [6.07, 6.45) is 0. The summed E-state index contributed by atoms with van der Waals surface area (Å²) in [7, 11) is 0. The number of nitriles is 1. The van der Waals surface area contributed by atoms with Crippen LogP contribution in [0, 0.1) is 23.7 Å². The Balaban J connectivity index is 2.75. The van der Waals surface area contributed by atoms with Crippen LogP contribution in [0.4, 0.5) is 0 Å². The number of hydrogen-bond donors (Lipinski definition) is 1. The highest BCUT2D eigenvalue weighted by Gasteiger charge is 2.19. The Kier molecular flexibility index (Phi) is 4.14. The van der Waals surface area contributed by atoms with Gasteiger partial charge in [-0.1, -0.05) is 17.7 Å². The molecule has 0 radical (unpaired) electrons. The van der Waals surface area contributed by atoms with Crippen LogP contribution in [0.2, 0.25) is 5.02 Å². The van der Waals surface area contributed by atoms with E-state index in [0.29, 0.717) is 17.1 Å². The fraction of sp³-hybridized carbons (Fsp3) is 0.385. The molecule has 90 valence electrons. The van der Waals surface area contributed by atoms with E-state index in [1.165, 1.54) is 0 Å². The number of nitrogens with one attached hydrogen (secondary N) is 1. The van der Waals surface area contributed by atoms with Crippen LogP contribution in [0.15, 0.2) is 18.2 Å². The molecule has 0 aliphatic carbocycles. The van der Waals surface area contributed by atoms with Crippen LogP contribution in [0.5, 0.6) is 0 Å². The van der Waals surface area contributed by atoms with E-state index < -0.39 is 5.41 Å². The van der Waals surface area contributed by atoms with Gasteiger partial charge in [0, 0.05) is 6.54 Å². The Bertz CT molecular complexity index is 475. The third-order valence-corrected chi connectivity index (χ3v) is 2.68. The second kappa shape index (κ2) is 5.20. The van der Waals surface area contributed by atoms with Crippen LogP contribution >= 0.6 is 11.6 Å². The summed E-state index contributed by atoms with van der Waals surface area (Å²) in [5.41, 5.74) is 0.863. The first-order chi connectivity index (χ1) is 7.85. The maximum absolute atomic E-state index is 11.8. The molecule has 3 nitrogen and oxygen atoms in total. The second-order valence-electron chi connectivity index (χ2n) is 4.66. The van der Waals surface area contributed by atoms with Gasteiger partial charge >= 0.3 is 0 Å². The van der Waals surface area contributed by atoms with Gasteiger partial charge in [0.15, 0.2) is 0 Å². The number of nitrogens with zero attached hydrogens (tertiary/aromatic N) is 1. The minimum Gasteiger partial charge on any atom is -0.350 e. The van der Waals surface area contributed by atoms with E-state index in [1.54, 1.807) is 26.0 Å². The highest BCUT2D eigenvalue weighted by Crippen LogP contribution is 2.18. The number of carbonyl (C=O) groups excluding carboxylic acids is 1. The fourth-order valence-electron chi connectivity index (χ4n) is 1.24. The molecule has 0 aliphatic heterocycles. The van der Waals surface area contributed by atoms with Crippen LogP contribution in [-0.4, -0.2) is 12.5 Å². The normalized spacial score (nSPS) is 10.8. The minimum atomic E-state index is -0.577. The van der Waals surface area contributed by atoms with Crippen molar-refractivity contribution in [3.8, 4) is 6.07 Å². The smallest absolute Gasteiger partial charge is 0.252 e. The van der Waals surface area contributed by atoms with Gasteiger partial charge < -0.3 is 5.32 Å². The first-order valence-electron chi connectivity index (χ1n) is 5.31. The first-order valence-corrected chi connectivity index (χ1v) is 5.69. The summed E-state index contributed by atoms with van der Waals surface area (Å²) < 4.78 is 0. The number of amides is 1. The van der Waals surface area contributed by atoms with Gasteiger partial charge in [-0.2, -0.15) is 5.26 Å². The van der Waals surface area contributed by atoms with Crippen molar-refractivity contribution in [1.82, 2.24) is 5.32 Å². The Morgan fingerprint density at radius 3 is 2.71 bits per heavy atom. The van der Waals surface area contributed by atoms with Crippen molar-refractivity contribution in [3.05, 3.63) is 34.3 Å². The van der Waals surface area contributed by atoms with Crippen LogP contribution < -0.4 is 5.32 Å². The van der Waals surface area contributed by atoms with Gasteiger partial charge in [0.2, 0.25) is 0 Å². The summed E-state index contributed by atoms with van der Waals surface area (Å²) in [6, 6.07) is 7.38. The molecule has 0 heterocycles. The van der Waals surface area contributed by atoms with E-state index in [1.807, 2.05) is 13.0 Å². The second-order valence-corrected chi connectivity index (χ2v) is 5.07. The van der Waals surface area contributed by atoms with Crippen molar-refractivity contribution in [2.24, 2.45) is 5.41 Å².